The summed E-state index contributed by atoms with van der Waals surface area (Å²) in [4.78, 5) is 35.4. The van der Waals surface area contributed by atoms with Gasteiger partial charge in [-0.15, -0.1) is 0 Å². The van der Waals surface area contributed by atoms with Crippen molar-refractivity contribution in [2.45, 2.75) is 19.7 Å². The molecule has 0 bridgehead atoms. The van der Waals surface area contributed by atoms with Crippen molar-refractivity contribution in [1.82, 2.24) is 15.0 Å². The number of fused-ring (bicyclic) bond motifs is 3. The monoisotopic (exact) mass is 415 g/mol. The first-order chi connectivity index (χ1) is 14.2. The number of carbonyl (C=O) groups excluding carboxylic acids is 1. The lowest BCUT2D eigenvalue weighted by atomic mass is 9.96. The number of ether oxygens (including phenoxy) is 1. The van der Waals surface area contributed by atoms with E-state index < -0.39 is 28.6 Å². The number of aromatic amines is 2. The maximum Gasteiger partial charge on any atom is 0.417 e. The van der Waals surface area contributed by atoms with Gasteiger partial charge in [-0.05, 0) is 24.6 Å². The molecule has 6 nitrogen and oxygen atoms in total. The van der Waals surface area contributed by atoms with Gasteiger partial charge >= 0.3 is 6.18 Å². The summed E-state index contributed by atoms with van der Waals surface area (Å²) in [6, 6.07) is 6.33. The van der Waals surface area contributed by atoms with Gasteiger partial charge in [0.05, 0.1) is 34.3 Å². The fourth-order valence-corrected chi connectivity index (χ4v) is 3.55. The van der Waals surface area contributed by atoms with Gasteiger partial charge in [0, 0.05) is 24.3 Å². The number of rotatable bonds is 4. The smallest absolute Gasteiger partial charge is 0.378 e. The Kier molecular flexibility index (Phi) is 4.70. The Morgan fingerprint density at radius 1 is 1.20 bits per heavy atom. The summed E-state index contributed by atoms with van der Waals surface area (Å²) in [7, 11) is 1.41. The largest absolute Gasteiger partial charge is 0.417 e. The maximum atomic E-state index is 13.4. The molecule has 0 radical (unpaired) electrons. The number of hydrogen-bond acceptors (Lipinski definition) is 4. The predicted octanol–water partition coefficient (Wildman–Crippen LogP) is 4.11. The van der Waals surface area contributed by atoms with Gasteiger partial charge in [0.2, 0.25) is 0 Å². The van der Waals surface area contributed by atoms with Gasteiger partial charge in [-0.25, -0.2) is 4.98 Å². The molecule has 0 fully saturated rings. The summed E-state index contributed by atoms with van der Waals surface area (Å²) < 4.78 is 45.3. The normalized spacial score (nSPS) is 12.0. The van der Waals surface area contributed by atoms with E-state index >= 15 is 0 Å². The van der Waals surface area contributed by atoms with Crippen LogP contribution in [0.1, 0.15) is 32.7 Å². The van der Waals surface area contributed by atoms with Crippen LogP contribution in [0, 0.1) is 6.92 Å². The summed E-state index contributed by atoms with van der Waals surface area (Å²) in [5.41, 5.74) is 0.178. The highest BCUT2D eigenvalue weighted by Crippen LogP contribution is 2.35. The number of aromatic nitrogens is 3. The molecular formula is C21H16F3N3O3. The van der Waals surface area contributed by atoms with E-state index in [1.54, 1.807) is 13.0 Å². The van der Waals surface area contributed by atoms with E-state index in [-0.39, 0.29) is 17.9 Å². The summed E-state index contributed by atoms with van der Waals surface area (Å²) in [6.45, 7) is 1.71. The number of H-pyrrole nitrogens is 2. The summed E-state index contributed by atoms with van der Waals surface area (Å²) >= 11 is 0. The molecule has 4 aromatic rings. The molecule has 0 amide bonds. The van der Waals surface area contributed by atoms with E-state index in [0.29, 0.717) is 27.5 Å². The Morgan fingerprint density at radius 3 is 2.63 bits per heavy atom. The van der Waals surface area contributed by atoms with E-state index in [1.807, 2.05) is 0 Å². The average molecular weight is 415 g/mol. The minimum Gasteiger partial charge on any atom is -0.378 e. The van der Waals surface area contributed by atoms with Crippen molar-refractivity contribution >= 4 is 27.7 Å². The Morgan fingerprint density at radius 2 is 1.93 bits per heavy atom. The molecule has 30 heavy (non-hydrogen) atoms. The van der Waals surface area contributed by atoms with Crippen molar-refractivity contribution in [3.05, 3.63) is 74.8 Å². The molecule has 0 unspecified atom stereocenters. The molecule has 0 saturated heterocycles. The van der Waals surface area contributed by atoms with Crippen LogP contribution in [-0.2, 0) is 17.5 Å². The number of nitrogens with one attached hydrogen (secondary N) is 2. The third-order valence-electron chi connectivity index (χ3n) is 4.89. The fourth-order valence-electron chi connectivity index (χ4n) is 3.55. The van der Waals surface area contributed by atoms with Gasteiger partial charge in [0.25, 0.3) is 5.56 Å². The Bertz CT molecular complexity index is 1350. The second kappa shape index (κ2) is 7.10. The summed E-state index contributed by atoms with van der Waals surface area (Å²) in [5, 5.41) is 0.348. The number of alkyl halides is 3. The second-order valence-corrected chi connectivity index (χ2v) is 6.86. The van der Waals surface area contributed by atoms with Crippen LogP contribution >= 0.6 is 0 Å². The molecule has 154 valence electrons. The molecule has 0 aliphatic rings. The van der Waals surface area contributed by atoms with Gasteiger partial charge in [0.1, 0.15) is 5.69 Å². The van der Waals surface area contributed by atoms with Crippen molar-refractivity contribution in [3.8, 4) is 0 Å². The topological polar surface area (TPSA) is 87.8 Å². The quantitative estimate of drug-likeness (QED) is 0.491. The van der Waals surface area contributed by atoms with E-state index in [9.17, 15) is 22.8 Å². The minimum absolute atomic E-state index is 0.0401. The van der Waals surface area contributed by atoms with Crippen LogP contribution in [0.5, 0.6) is 0 Å². The molecule has 2 aromatic carbocycles. The van der Waals surface area contributed by atoms with Crippen LogP contribution in [0.15, 0.2) is 41.3 Å². The molecular weight excluding hydrogens is 399 g/mol. The number of carbonyl (C=O) groups is 1. The third kappa shape index (κ3) is 3.17. The molecule has 4 rings (SSSR count). The first kappa shape index (κ1) is 19.8. The van der Waals surface area contributed by atoms with Crippen molar-refractivity contribution in [3.63, 3.8) is 0 Å². The van der Waals surface area contributed by atoms with E-state index in [4.69, 9.17) is 4.74 Å². The summed E-state index contributed by atoms with van der Waals surface area (Å²) in [5.74, 6) is -0.789. The number of ketones is 1. The number of hydrogen-bond donors (Lipinski definition) is 2. The lowest BCUT2D eigenvalue weighted by molar-refractivity contribution is -0.137. The molecule has 0 saturated carbocycles. The van der Waals surface area contributed by atoms with E-state index in [0.717, 1.165) is 12.1 Å². The van der Waals surface area contributed by atoms with Crippen molar-refractivity contribution < 1.29 is 22.7 Å². The zero-order valence-electron chi connectivity index (χ0n) is 16.0. The zero-order valence-corrected chi connectivity index (χ0v) is 16.0. The highest BCUT2D eigenvalue weighted by molar-refractivity contribution is 6.22. The van der Waals surface area contributed by atoms with E-state index in [1.165, 1.54) is 25.4 Å². The molecule has 0 aliphatic carbocycles. The first-order valence-corrected chi connectivity index (χ1v) is 8.95. The highest BCUT2D eigenvalue weighted by atomic mass is 19.4. The molecule has 0 atom stereocenters. The predicted molar refractivity (Wildman–Crippen MR) is 105 cm³/mol. The Labute approximate surface area is 167 Å². The highest BCUT2D eigenvalue weighted by Gasteiger charge is 2.35. The lowest BCUT2D eigenvalue weighted by Gasteiger charge is -2.12. The van der Waals surface area contributed by atoms with Gasteiger partial charge in [-0.1, -0.05) is 18.2 Å². The van der Waals surface area contributed by atoms with Gasteiger partial charge in [0.15, 0.2) is 5.78 Å². The van der Waals surface area contributed by atoms with Gasteiger partial charge in [-0.2, -0.15) is 13.2 Å². The van der Waals surface area contributed by atoms with Crippen LogP contribution < -0.4 is 5.56 Å². The standard InChI is InChI=1S/C21H16F3N3O3/c1-10-7-14-18(26-15(9-30-2)20(29)27-14)16-12(8-25-17(10)16)19(28)11-5-3-4-6-13(11)21(22,23)24/h3-8,25H,9H2,1-2H3,(H,27,29). The maximum absolute atomic E-state index is 13.4. The number of nitrogens with zero attached hydrogens (tertiary/aromatic N) is 1. The van der Waals surface area contributed by atoms with Crippen LogP contribution in [0.25, 0.3) is 21.9 Å². The van der Waals surface area contributed by atoms with E-state index in [2.05, 4.69) is 15.0 Å². The molecule has 0 aliphatic heterocycles. The molecule has 9 heteroatoms. The molecule has 2 N–H and O–H groups in total. The second-order valence-electron chi connectivity index (χ2n) is 6.86. The SMILES string of the molecule is COCc1nc2c(cc(C)c3[nH]cc(C(=O)c4ccccc4C(F)(F)F)c32)[nH]c1=O. The number of methoxy groups -OCH3 is 1. The molecule has 2 aromatic heterocycles. The van der Waals surface area contributed by atoms with Gasteiger partial charge < -0.3 is 14.7 Å². The Hall–Kier alpha value is -3.46. The number of aryl methyl sites for hydroxylation is 1. The van der Waals surface area contributed by atoms with Crippen LogP contribution in [0.4, 0.5) is 13.2 Å². The molecule has 2 heterocycles. The van der Waals surface area contributed by atoms with Gasteiger partial charge in [-0.3, -0.25) is 9.59 Å². The average Bonchev–Trinajstić information content (AvgIpc) is 3.14. The number of halogens is 3. The lowest BCUT2D eigenvalue weighted by Crippen LogP contribution is -2.16. The minimum atomic E-state index is -4.68. The fraction of sp³-hybridized carbons (Fsp3) is 0.190. The van der Waals surface area contributed by atoms with Crippen molar-refractivity contribution in [2.75, 3.05) is 7.11 Å². The first-order valence-electron chi connectivity index (χ1n) is 8.95. The van der Waals surface area contributed by atoms with Crippen LogP contribution in [-0.4, -0.2) is 27.8 Å². The van der Waals surface area contributed by atoms with Crippen molar-refractivity contribution in [1.29, 1.82) is 0 Å². The summed E-state index contributed by atoms with van der Waals surface area (Å²) in [6.07, 6.45) is -3.30. The van der Waals surface area contributed by atoms with Crippen LogP contribution in [0.3, 0.4) is 0 Å². The Balaban J connectivity index is 2.03. The third-order valence-corrected chi connectivity index (χ3v) is 4.89. The molecule has 0 spiro atoms. The van der Waals surface area contributed by atoms with Crippen LogP contribution in [0.2, 0.25) is 0 Å². The number of benzene rings is 2. The zero-order chi connectivity index (χ0) is 21.6. The van der Waals surface area contributed by atoms with Crippen molar-refractivity contribution in [2.24, 2.45) is 0 Å².